The van der Waals surface area contributed by atoms with Gasteiger partial charge in [0, 0.05) is 11.8 Å². The summed E-state index contributed by atoms with van der Waals surface area (Å²) in [5.74, 6) is -1.48. The third-order valence-electron chi connectivity index (χ3n) is 4.30. The van der Waals surface area contributed by atoms with Crippen LogP contribution in [-0.4, -0.2) is 26.2 Å². The summed E-state index contributed by atoms with van der Waals surface area (Å²) >= 11 is 0. The number of benzene rings is 1. The van der Waals surface area contributed by atoms with E-state index in [1.54, 1.807) is 0 Å². The predicted molar refractivity (Wildman–Crippen MR) is 78.6 cm³/mol. The van der Waals surface area contributed by atoms with Gasteiger partial charge in [0.1, 0.15) is 0 Å². The Balaban J connectivity index is 2.51. The number of methoxy groups -OCH3 is 2. The van der Waals surface area contributed by atoms with Crippen molar-refractivity contribution in [1.29, 1.82) is 0 Å². The van der Waals surface area contributed by atoms with Gasteiger partial charge in [0.2, 0.25) is 0 Å². The smallest absolute Gasteiger partial charge is 0.324 e. The molecule has 0 amide bonds. The molecule has 0 aromatic heterocycles. The maximum absolute atomic E-state index is 12.4. The molecular weight excluding hydrogens is 268 g/mol. The number of rotatable bonds is 4. The first-order valence-corrected chi connectivity index (χ1v) is 6.97. The molecule has 4 heteroatoms. The van der Waals surface area contributed by atoms with Gasteiger partial charge in [0.05, 0.1) is 14.2 Å². The van der Waals surface area contributed by atoms with Gasteiger partial charge in [-0.1, -0.05) is 42.5 Å². The van der Waals surface area contributed by atoms with Crippen LogP contribution in [0, 0.1) is 11.3 Å². The minimum Gasteiger partial charge on any atom is -0.468 e. The van der Waals surface area contributed by atoms with E-state index in [0.717, 1.165) is 12.0 Å². The molecule has 1 fully saturated rings. The predicted octanol–water partition coefficient (Wildman–Crippen LogP) is 2.70. The van der Waals surface area contributed by atoms with Gasteiger partial charge in [-0.3, -0.25) is 9.59 Å². The molecule has 1 aromatic carbocycles. The monoisotopic (exact) mass is 288 g/mol. The first kappa shape index (κ1) is 15.3. The van der Waals surface area contributed by atoms with Crippen LogP contribution in [0.1, 0.15) is 24.8 Å². The van der Waals surface area contributed by atoms with Gasteiger partial charge in [-0.2, -0.15) is 0 Å². The standard InChI is InChI=1S/C17H20O4/c1-4-8-13-11-14(12-9-6-5-7-10-12)17(13,15(18)20-2)16(19)21-3/h4-10,13-14H,11H2,1-3H3/b8-4-. The van der Waals surface area contributed by atoms with Gasteiger partial charge in [-0.25, -0.2) is 0 Å². The molecule has 1 aromatic rings. The molecule has 0 heterocycles. The summed E-state index contributed by atoms with van der Waals surface area (Å²) in [6.45, 7) is 1.87. The summed E-state index contributed by atoms with van der Waals surface area (Å²) in [6, 6.07) is 9.56. The van der Waals surface area contributed by atoms with Crippen molar-refractivity contribution >= 4 is 11.9 Å². The van der Waals surface area contributed by atoms with E-state index in [1.807, 2.05) is 49.4 Å². The molecule has 1 saturated carbocycles. The molecule has 2 unspecified atom stereocenters. The van der Waals surface area contributed by atoms with Crippen LogP contribution in [0.5, 0.6) is 0 Å². The van der Waals surface area contributed by atoms with Gasteiger partial charge in [0.25, 0.3) is 0 Å². The largest absolute Gasteiger partial charge is 0.468 e. The normalized spacial score (nSPS) is 23.4. The lowest BCUT2D eigenvalue weighted by Crippen LogP contribution is -2.58. The number of ether oxygens (including phenoxy) is 2. The van der Waals surface area contributed by atoms with Crippen LogP contribution in [0.25, 0.3) is 0 Å². The lowest BCUT2D eigenvalue weighted by molar-refractivity contribution is -0.184. The fourth-order valence-corrected chi connectivity index (χ4v) is 3.28. The Morgan fingerprint density at radius 1 is 1.14 bits per heavy atom. The molecule has 112 valence electrons. The zero-order valence-electron chi connectivity index (χ0n) is 12.5. The summed E-state index contributed by atoms with van der Waals surface area (Å²) in [7, 11) is 2.61. The van der Waals surface area contributed by atoms with Gasteiger partial charge >= 0.3 is 11.9 Å². The number of hydrogen-bond donors (Lipinski definition) is 0. The lowest BCUT2D eigenvalue weighted by atomic mass is 9.50. The van der Waals surface area contributed by atoms with E-state index in [2.05, 4.69) is 0 Å². The topological polar surface area (TPSA) is 52.6 Å². The second-order valence-corrected chi connectivity index (χ2v) is 5.18. The second-order valence-electron chi connectivity index (χ2n) is 5.18. The molecule has 0 N–H and O–H groups in total. The molecule has 0 saturated heterocycles. The Morgan fingerprint density at radius 3 is 2.19 bits per heavy atom. The fraction of sp³-hybridized carbons (Fsp3) is 0.412. The summed E-state index contributed by atoms with van der Waals surface area (Å²) in [5, 5.41) is 0. The number of esters is 2. The Kier molecular flexibility index (Phi) is 4.46. The summed E-state index contributed by atoms with van der Waals surface area (Å²) in [6.07, 6.45) is 4.46. The Bertz CT molecular complexity index is 531. The molecule has 0 radical (unpaired) electrons. The third-order valence-corrected chi connectivity index (χ3v) is 4.30. The van der Waals surface area contributed by atoms with Gasteiger partial charge < -0.3 is 9.47 Å². The van der Waals surface area contributed by atoms with Crippen LogP contribution in [0.15, 0.2) is 42.5 Å². The van der Waals surface area contributed by atoms with Crippen molar-refractivity contribution in [2.75, 3.05) is 14.2 Å². The van der Waals surface area contributed by atoms with Crippen molar-refractivity contribution in [3.63, 3.8) is 0 Å². The molecule has 0 bridgehead atoms. The molecule has 2 atom stereocenters. The number of carbonyl (C=O) groups excluding carboxylic acids is 2. The van der Waals surface area contributed by atoms with Crippen molar-refractivity contribution in [1.82, 2.24) is 0 Å². The summed E-state index contributed by atoms with van der Waals surface area (Å²) in [5.41, 5.74) is -0.328. The van der Waals surface area contributed by atoms with Crippen LogP contribution >= 0.6 is 0 Å². The summed E-state index contributed by atoms with van der Waals surface area (Å²) in [4.78, 5) is 24.9. The van der Waals surface area contributed by atoms with Crippen molar-refractivity contribution in [2.45, 2.75) is 19.3 Å². The minimum atomic E-state index is -1.28. The average molecular weight is 288 g/mol. The van der Waals surface area contributed by atoms with Crippen LogP contribution in [0.2, 0.25) is 0 Å². The van der Waals surface area contributed by atoms with Gasteiger partial charge in [0.15, 0.2) is 5.41 Å². The Labute approximate surface area is 124 Å². The molecule has 1 aliphatic rings. The van der Waals surface area contributed by atoms with Crippen LogP contribution in [-0.2, 0) is 19.1 Å². The highest BCUT2D eigenvalue weighted by molar-refractivity contribution is 6.03. The summed E-state index contributed by atoms with van der Waals surface area (Å²) < 4.78 is 9.87. The zero-order chi connectivity index (χ0) is 15.5. The van der Waals surface area contributed by atoms with Crippen molar-refractivity contribution < 1.29 is 19.1 Å². The highest BCUT2D eigenvalue weighted by atomic mass is 16.5. The lowest BCUT2D eigenvalue weighted by Gasteiger charge is -2.50. The fourth-order valence-electron chi connectivity index (χ4n) is 3.28. The van der Waals surface area contributed by atoms with E-state index in [9.17, 15) is 9.59 Å². The third kappa shape index (κ3) is 2.24. The van der Waals surface area contributed by atoms with E-state index in [1.165, 1.54) is 14.2 Å². The van der Waals surface area contributed by atoms with E-state index in [-0.39, 0.29) is 11.8 Å². The quantitative estimate of drug-likeness (QED) is 0.485. The van der Waals surface area contributed by atoms with E-state index in [4.69, 9.17) is 9.47 Å². The second kappa shape index (κ2) is 6.12. The number of hydrogen-bond acceptors (Lipinski definition) is 4. The molecule has 2 rings (SSSR count). The Morgan fingerprint density at radius 2 is 1.71 bits per heavy atom. The molecule has 21 heavy (non-hydrogen) atoms. The molecular formula is C17H20O4. The highest BCUT2D eigenvalue weighted by Crippen LogP contribution is 2.59. The zero-order valence-corrected chi connectivity index (χ0v) is 12.5. The highest BCUT2D eigenvalue weighted by Gasteiger charge is 2.66. The van der Waals surface area contributed by atoms with Crippen molar-refractivity contribution in [3.05, 3.63) is 48.0 Å². The van der Waals surface area contributed by atoms with Crippen LogP contribution in [0.4, 0.5) is 0 Å². The van der Waals surface area contributed by atoms with Gasteiger partial charge in [-0.15, -0.1) is 0 Å². The number of allylic oxidation sites excluding steroid dienone is 2. The van der Waals surface area contributed by atoms with Crippen LogP contribution in [0.3, 0.4) is 0 Å². The first-order valence-electron chi connectivity index (χ1n) is 6.97. The molecule has 4 nitrogen and oxygen atoms in total. The number of carbonyl (C=O) groups is 2. The molecule has 0 spiro atoms. The first-order chi connectivity index (χ1) is 10.1. The average Bonchev–Trinajstić information content (AvgIpc) is 2.51. The van der Waals surface area contributed by atoms with E-state index in [0.29, 0.717) is 0 Å². The molecule has 0 aliphatic heterocycles. The van der Waals surface area contributed by atoms with Gasteiger partial charge in [-0.05, 0) is 18.9 Å². The van der Waals surface area contributed by atoms with Crippen molar-refractivity contribution in [3.8, 4) is 0 Å². The Hall–Kier alpha value is -2.10. The maximum atomic E-state index is 12.4. The van der Waals surface area contributed by atoms with E-state index < -0.39 is 17.4 Å². The SMILES string of the molecule is C/C=C\C1CC(c2ccccc2)C1(C(=O)OC)C(=O)OC. The van der Waals surface area contributed by atoms with Crippen LogP contribution < -0.4 is 0 Å². The minimum absolute atomic E-state index is 0.201. The van der Waals surface area contributed by atoms with E-state index >= 15 is 0 Å². The molecule has 1 aliphatic carbocycles. The van der Waals surface area contributed by atoms with Crippen molar-refractivity contribution in [2.24, 2.45) is 11.3 Å². The maximum Gasteiger partial charge on any atom is 0.324 e.